The number of nitrogen functional groups attached to an aromatic ring is 2. The lowest BCUT2D eigenvalue weighted by Gasteiger charge is -2.26. The van der Waals surface area contributed by atoms with Crippen LogP contribution in [0.1, 0.15) is 52.7 Å². The van der Waals surface area contributed by atoms with Crippen LogP contribution in [0.4, 0.5) is 0 Å². The van der Waals surface area contributed by atoms with Crippen molar-refractivity contribution in [2.45, 2.75) is 44.4 Å². The van der Waals surface area contributed by atoms with Crippen LogP contribution in [0.3, 0.4) is 0 Å². The molecule has 0 spiro atoms. The van der Waals surface area contributed by atoms with Crippen LogP contribution in [0.2, 0.25) is 0 Å². The van der Waals surface area contributed by atoms with Crippen molar-refractivity contribution in [3.63, 3.8) is 0 Å². The van der Waals surface area contributed by atoms with Gasteiger partial charge in [-0.05, 0) is 73.7 Å². The largest absolute Gasteiger partial charge is 0.489 e. The van der Waals surface area contributed by atoms with E-state index >= 15 is 0 Å². The van der Waals surface area contributed by atoms with Crippen LogP contribution < -0.4 is 32.0 Å². The standard InChI is InChI=1S/C28H32N6O3/c29-21-6-8-22(9-7-21)34-28(35)20-13-24(36-16-17-2-1-3-19(12-17)27(32)33)15-25(14-20)37-23-10-4-18(5-11-23)26(30)31/h1-5,10-15,21-22H,6-9,16,29H2,(H3,30,31)(H3,32,33)(H,34,35). The Morgan fingerprint density at radius 3 is 2.16 bits per heavy atom. The molecule has 0 saturated heterocycles. The maximum Gasteiger partial charge on any atom is 0.251 e. The van der Waals surface area contributed by atoms with E-state index in [2.05, 4.69) is 5.32 Å². The van der Waals surface area contributed by atoms with Gasteiger partial charge in [0.2, 0.25) is 0 Å². The van der Waals surface area contributed by atoms with E-state index in [4.69, 9.17) is 37.5 Å². The molecule has 192 valence electrons. The highest BCUT2D eigenvalue weighted by molar-refractivity contribution is 5.96. The van der Waals surface area contributed by atoms with E-state index in [0.717, 1.165) is 31.2 Å². The Balaban J connectivity index is 1.55. The Kier molecular flexibility index (Phi) is 8.05. The van der Waals surface area contributed by atoms with E-state index < -0.39 is 0 Å². The number of amidine groups is 2. The normalized spacial score (nSPS) is 17.0. The number of hydrogen-bond donors (Lipinski definition) is 6. The van der Waals surface area contributed by atoms with Crippen LogP contribution in [0.25, 0.3) is 0 Å². The molecule has 9 heteroatoms. The third-order valence-corrected chi connectivity index (χ3v) is 6.29. The van der Waals surface area contributed by atoms with Crippen LogP contribution in [0.5, 0.6) is 17.2 Å². The molecular formula is C28H32N6O3. The molecular weight excluding hydrogens is 468 g/mol. The molecule has 9 nitrogen and oxygen atoms in total. The summed E-state index contributed by atoms with van der Waals surface area (Å²) in [6.07, 6.45) is 3.47. The number of carbonyl (C=O) groups is 1. The Hall–Kier alpha value is -4.37. The monoisotopic (exact) mass is 500 g/mol. The van der Waals surface area contributed by atoms with Gasteiger partial charge in [0, 0.05) is 34.8 Å². The molecule has 0 aliphatic heterocycles. The first-order chi connectivity index (χ1) is 17.8. The maximum absolute atomic E-state index is 13.1. The molecule has 0 bridgehead atoms. The zero-order valence-corrected chi connectivity index (χ0v) is 20.5. The van der Waals surface area contributed by atoms with Crippen LogP contribution >= 0.6 is 0 Å². The average Bonchev–Trinajstić information content (AvgIpc) is 2.89. The van der Waals surface area contributed by atoms with Crippen molar-refractivity contribution < 1.29 is 14.3 Å². The highest BCUT2D eigenvalue weighted by Crippen LogP contribution is 2.29. The molecule has 0 unspecified atom stereocenters. The summed E-state index contributed by atoms with van der Waals surface area (Å²) in [7, 11) is 0. The highest BCUT2D eigenvalue weighted by Gasteiger charge is 2.21. The van der Waals surface area contributed by atoms with Gasteiger partial charge in [-0.25, -0.2) is 0 Å². The molecule has 0 heterocycles. The van der Waals surface area contributed by atoms with Gasteiger partial charge in [0.1, 0.15) is 35.5 Å². The van der Waals surface area contributed by atoms with Crippen molar-refractivity contribution in [2.75, 3.05) is 0 Å². The van der Waals surface area contributed by atoms with Crippen LogP contribution in [0.15, 0.2) is 66.7 Å². The molecule has 4 rings (SSSR count). The predicted octanol–water partition coefficient (Wildman–Crippen LogP) is 3.63. The topological polar surface area (TPSA) is 173 Å². The molecule has 1 aliphatic rings. The zero-order chi connectivity index (χ0) is 26.4. The second kappa shape index (κ2) is 11.6. The summed E-state index contributed by atoms with van der Waals surface area (Å²) in [4.78, 5) is 13.1. The number of benzene rings is 3. The second-order valence-electron chi connectivity index (χ2n) is 9.22. The fraction of sp³-hybridized carbons (Fsp3) is 0.250. The number of nitrogens with one attached hydrogen (secondary N) is 3. The van der Waals surface area contributed by atoms with Gasteiger partial charge in [0.05, 0.1) is 0 Å². The van der Waals surface area contributed by atoms with Crippen molar-refractivity contribution in [3.8, 4) is 17.2 Å². The molecule has 0 radical (unpaired) electrons. The predicted molar refractivity (Wildman–Crippen MR) is 143 cm³/mol. The summed E-state index contributed by atoms with van der Waals surface area (Å²) in [6, 6.07) is 19.4. The summed E-state index contributed by atoms with van der Waals surface area (Å²) in [6.45, 7) is 0.222. The van der Waals surface area contributed by atoms with Gasteiger partial charge < -0.3 is 32.0 Å². The number of rotatable bonds is 9. The van der Waals surface area contributed by atoms with E-state index in [1.165, 1.54) is 0 Å². The van der Waals surface area contributed by atoms with Crippen molar-refractivity contribution in [1.82, 2.24) is 5.32 Å². The lowest BCUT2D eigenvalue weighted by Crippen LogP contribution is -2.40. The molecule has 37 heavy (non-hydrogen) atoms. The molecule has 9 N–H and O–H groups in total. The summed E-state index contributed by atoms with van der Waals surface area (Å²) in [5.74, 6) is 1.17. The minimum absolute atomic E-state index is 0.0179. The molecule has 0 aromatic heterocycles. The number of ether oxygens (including phenoxy) is 2. The Morgan fingerprint density at radius 1 is 0.811 bits per heavy atom. The molecule has 0 atom stereocenters. The molecule has 1 fully saturated rings. The Bertz CT molecular complexity index is 1280. The second-order valence-corrected chi connectivity index (χ2v) is 9.22. The Labute approximate surface area is 216 Å². The van der Waals surface area contributed by atoms with E-state index in [9.17, 15) is 4.79 Å². The molecule has 1 saturated carbocycles. The van der Waals surface area contributed by atoms with Gasteiger partial charge in [-0.1, -0.05) is 18.2 Å². The minimum Gasteiger partial charge on any atom is -0.489 e. The number of carbonyl (C=O) groups excluding carboxylic acids is 1. The van der Waals surface area contributed by atoms with Crippen molar-refractivity contribution in [1.29, 1.82) is 10.8 Å². The van der Waals surface area contributed by atoms with Crippen LogP contribution in [-0.2, 0) is 6.61 Å². The number of nitrogens with two attached hydrogens (primary N) is 3. The van der Waals surface area contributed by atoms with Gasteiger partial charge in [-0.2, -0.15) is 0 Å². The molecule has 3 aromatic rings. The number of amides is 1. The summed E-state index contributed by atoms with van der Waals surface area (Å²) in [5, 5.41) is 18.3. The fourth-order valence-electron chi connectivity index (χ4n) is 4.21. The van der Waals surface area contributed by atoms with Crippen LogP contribution in [0, 0.1) is 10.8 Å². The van der Waals surface area contributed by atoms with Crippen molar-refractivity contribution in [2.24, 2.45) is 17.2 Å². The highest BCUT2D eigenvalue weighted by atomic mass is 16.5. The quantitative estimate of drug-likeness (QED) is 0.193. The van der Waals surface area contributed by atoms with Crippen molar-refractivity contribution >= 4 is 17.6 Å². The maximum atomic E-state index is 13.1. The molecule has 1 amide bonds. The van der Waals surface area contributed by atoms with Gasteiger partial charge in [-0.15, -0.1) is 0 Å². The Morgan fingerprint density at radius 2 is 1.49 bits per heavy atom. The van der Waals surface area contributed by atoms with E-state index in [0.29, 0.717) is 33.9 Å². The first kappa shape index (κ1) is 25.7. The number of hydrogen-bond acceptors (Lipinski definition) is 6. The fourth-order valence-corrected chi connectivity index (χ4v) is 4.21. The lowest BCUT2D eigenvalue weighted by molar-refractivity contribution is 0.0925. The molecule has 1 aliphatic carbocycles. The molecule has 3 aromatic carbocycles. The lowest BCUT2D eigenvalue weighted by atomic mass is 9.91. The summed E-state index contributed by atoms with van der Waals surface area (Å²) < 4.78 is 12.0. The average molecular weight is 501 g/mol. The van der Waals surface area contributed by atoms with Gasteiger partial charge >= 0.3 is 0 Å². The zero-order valence-electron chi connectivity index (χ0n) is 20.5. The third-order valence-electron chi connectivity index (χ3n) is 6.29. The van der Waals surface area contributed by atoms with Gasteiger partial charge in [0.15, 0.2) is 0 Å². The first-order valence-electron chi connectivity index (χ1n) is 12.2. The van der Waals surface area contributed by atoms with E-state index in [-0.39, 0.29) is 36.3 Å². The van der Waals surface area contributed by atoms with E-state index in [1.807, 2.05) is 12.1 Å². The minimum atomic E-state index is -0.207. The summed E-state index contributed by atoms with van der Waals surface area (Å²) >= 11 is 0. The van der Waals surface area contributed by atoms with Gasteiger partial charge in [-0.3, -0.25) is 15.6 Å². The van der Waals surface area contributed by atoms with E-state index in [1.54, 1.807) is 54.6 Å². The smallest absolute Gasteiger partial charge is 0.251 e. The summed E-state index contributed by atoms with van der Waals surface area (Å²) in [5.41, 5.74) is 19.6. The van der Waals surface area contributed by atoms with Crippen molar-refractivity contribution in [3.05, 3.63) is 89.0 Å². The SMILES string of the molecule is N=C(N)c1ccc(Oc2cc(OCc3cccc(C(=N)N)c3)cc(C(=O)NC3CCC(N)CC3)c2)cc1. The third kappa shape index (κ3) is 7.08. The van der Waals surface area contributed by atoms with Gasteiger partial charge in [0.25, 0.3) is 5.91 Å². The first-order valence-corrected chi connectivity index (χ1v) is 12.2. The van der Waals surface area contributed by atoms with Crippen LogP contribution in [-0.4, -0.2) is 29.7 Å².